The van der Waals surface area contributed by atoms with E-state index in [2.05, 4.69) is 9.80 Å². The molecule has 2 aromatic carbocycles. The Balaban J connectivity index is 0.00000342. The summed E-state index contributed by atoms with van der Waals surface area (Å²) in [5.74, 6) is 0.449. The summed E-state index contributed by atoms with van der Waals surface area (Å²) in [5, 5.41) is 12.9. The molecule has 2 fully saturated rings. The van der Waals surface area contributed by atoms with E-state index < -0.39 is 12.0 Å². The maximum Gasteiger partial charge on any atom is 1.00 e. The third-order valence-electron chi connectivity index (χ3n) is 7.27. The minimum Gasteiger partial charge on any atom is -0.548 e. The number of carbonyl (C=O) groups is 1. The van der Waals surface area contributed by atoms with Gasteiger partial charge in [-0.2, -0.15) is 0 Å². The summed E-state index contributed by atoms with van der Waals surface area (Å²) in [7, 11) is 0. The summed E-state index contributed by atoms with van der Waals surface area (Å²) in [6.45, 7) is 6.66. The number of carboxylic acids is 1. The molecule has 0 amide bonds. The molecule has 2 heterocycles. The Morgan fingerprint density at radius 3 is 2.31 bits per heavy atom. The van der Waals surface area contributed by atoms with Crippen molar-refractivity contribution in [3.8, 4) is 5.75 Å². The number of hydrogen-bond donors (Lipinski definition) is 0. The van der Waals surface area contributed by atoms with E-state index in [1.54, 1.807) is 6.07 Å². The van der Waals surface area contributed by atoms with Gasteiger partial charge < -0.3 is 19.5 Å². The second kappa shape index (κ2) is 13.7. The summed E-state index contributed by atoms with van der Waals surface area (Å²) in [6.07, 6.45) is 4.72. The molecule has 0 bridgehead atoms. The molecule has 2 aliphatic heterocycles. The number of hydrogen-bond acceptors (Lipinski definition) is 5. The molecule has 0 aliphatic carbocycles. The average Bonchev–Trinajstić information content (AvgIpc) is 2.85. The fourth-order valence-electron chi connectivity index (χ4n) is 5.16. The Kier molecular flexibility index (Phi) is 11.2. The molecule has 2 aliphatic rings. The Hall–Kier alpha value is -0.790. The van der Waals surface area contributed by atoms with Crippen LogP contribution < -0.4 is 39.4 Å². The van der Waals surface area contributed by atoms with Gasteiger partial charge in [0.05, 0.1) is 22.1 Å². The third kappa shape index (κ3) is 7.85. The van der Waals surface area contributed by atoms with Crippen molar-refractivity contribution in [1.82, 2.24) is 9.80 Å². The van der Waals surface area contributed by atoms with E-state index >= 15 is 0 Å². The van der Waals surface area contributed by atoms with Crippen molar-refractivity contribution in [1.29, 1.82) is 0 Å². The summed E-state index contributed by atoms with van der Waals surface area (Å²) < 4.78 is 6.23. The summed E-state index contributed by atoms with van der Waals surface area (Å²) in [5.41, 5.74) is 1.94. The van der Waals surface area contributed by atoms with Crippen LogP contribution in [0.5, 0.6) is 5.75 Å². The molecule has 2 aromatic rings. The Bertz CT molecular complexity index is 962. The second-order valence-electron chi connectivity index (χ2n) is 9.61. The van der Waals surface area contributed by atoms with E-state index in [0.29, 0.717) is 22.4 Å². The molecular formula is C27H33Cl2N2NaO3. The van der Waals surface area contributed by atoms with Crippen LogP contribution in [-0.4, -0.2) is 60.6 Å². The molecule has 8 heteroatoms. The van der Waals surface area contributed by atoms with Crippen molar-refractivity contribution in [2.24, 2.45) is 5.92 Å². The van der Waals surface area contributed by atoms with Crippen molar-refractivity contribution in [3.63, 3.8) is 0 Å². The van der Waals surface area contributed by atoms with Gasteiger partial charge in [-0.1, -0.05) is 53.5 Å². The van der Waals surface area contributed by atoms with Crippen molar-refractivity contribution in [2.45, 2.75) is 51.2 Å². The van der Waals surface area contributed by atoms with Crippen LogP contribution in [0, 0.1) is 12.8 Å². The van der Waals surface area contributed by atoms with E-state index in [0.717, 1.165) is 75.3 Å². The molecule has 0 spiro atoms. The second-order valence-corrected chi connectivity index (χ2v) is 10.4. The van der Waals surface area contributed by atoms with Gasteiger partial charge >= 0.3 is 29.6 Å². The fraction of sp³-hybridized carbons (Fsp3) is 0.519. The van der Waals surface area contributed by atoms with Gasteiger partial charge in [0.25, 0.3) is 0 Å². The van der Waals surface area contributed by atoms with Crippen LogP contribution in [0.1, 0.15) is 36.8 Å². The summed E-state index contributed by atoms with van der Waals surface area (Å²) >= 11 is 12.3. The topological polar surface area (TPSA) is 55.8 Å². The van der Waals surface area contributed by atoms with Crippen LogP contribution in [0.3, 0.4) is 0 Å². The van der Waals surface area contributed by atoms with Crippen LogP contribution in [0.25, 0.3) is 0 Å². The quantitative estimate of drug-likeness (QED) is 0.484. The molecule has 0 unspecified atom stereocenters. The number of halogens is 2. The number of benzene rings is 2. The number of likely N-dealkylation sites (tertiary alicyclic amines) is 2. The molecule has 1 atom stereocenters. The molecule has 0 aromatic heterocycles. The standard InChI is InChI=1S/C27H34Cl2N2O3.Na/c1-19-25(8-7-23(28)26(19)29)34-22-11-13-30(14-12-22)18-21-9-15-31(16-10-21)24(27(32)33)17-20-5-3-2-4-6-20;/h2-8,21-22,24H,9-18H2,1H3,(H,32,33);/q;+1/p-1/t24-;/m0./s1. The molecule has 35 heavy (non-hydrogen) atoms. The Morgan fingerprint density at radius 2 is 1.69 bits per heavy atom. The molecule has 5 nitrogen and oxygen atoms in total. The van der Waals surface area contributed by atoms with Crippen molar-refractivity contribution >= 4 is 29.2 Å². The number of carbonyl (C=O) groups excluding carboxylic acids is 1. The van der Waals surface area contributed by atoms with Gasteiger partial charge in [-0.15, -0.1) is 0 Å². The van der Waals surface area contributed by atoms with Gasteiger partial charge in [-0.05, 0) is 75.7 Å². The zero-order valence-electron chi connectivity index (χ0n) is 20.7. The first-order valence-corrected chi connectivity index (χ1v) is 13.0. The number of aliphatic carboxylic acids is 1. The van der Waals surface area contributed by atoms with Crippen LogP contribution in [-0.2, 0) is 11.2 Å². The van der Waals surface area contributed by atoms with E-state index in [9.17, 15) is 9.90 Å². The number of ether oxygens (including phenoxy) is 1. The van der Waals surface area contributed by atoms with Gasteiger partial charge in [0.1, 0.15) is 11.9 Å². The fourth-order valence-corrected chi connectivity index (χ4v) is 5.52. The molecular weight excluding hydrogens is 494 g/mol. The van der Waals surface area contributed by atoms with Gasteiger partial charge in [0, 0.05) is 25.2 Å². The molecule has 0 radical (unpaired) electrons. The number of carboxylic acid groups (broad SMARTS) is 1. The smallest absolute Gasteiger partial charge is 0.548 e. The van der Waals surface area contributed by atoms with Crippen LogP contribution in [0.15, 0.2) is 42.5 Å². The predicted octanol–water partition coefficient (Wildman–Crippen LogP) is 1.22. The molecule has 0 N–H and O–H groups in total. The normalized spacial score (nSPS) is 19.2. The minimum atomic E-state index is -0.971. The first kappa shape index (κ1) is 28.8. The van der Waals surface area contributed by atoms with E-state index in [-0.39, 0.29) is 35.7 Å². The number of nitrogens with zero attached hydrogens (tertiary/aromatic N) is 2. The first-order chi connectivity index (χ1) is 16.4. The summed E-state index contributed by atoms with van der Waals surface area (Å²) in [6, 6.07) is 13.0. The zero-order chi connectivity index (χ0) is 24.1. The molecule has 0 saturated carbocycles. The van der Waals surface area contributed by atoms with Crippen LogP contribution in [0.2, 0.25) is 10.0 Å². The Morgan fingerprint density at radius 1 is 1.03 bits per heavy atom. The monoisotopic (exact) mass is 526 g/mol. The Labute approximate surface area is 241 Å². The van der Waals surface area contributed by atoms with Gasteiger partial charge in [-0.25, -0.2) is 0 Å². The van der Waals surface area contributed by atoms with Crippen molar-refractivity contribution in [3.05, 3.63) is 63.6 Å². The minimum absolute atomic E-state index is 0. The largest absolute Gasteiger partial charge is 1.00 e. The van der Waals surface area contributed by atoms with Gasteiger partial charge in [0.15, 0.2) is 0 Å². The molecule has 4 rings (SSSR count). The molecule has 2 saturated heterocycles. The zero-order valence-corrected chi connectivity index (χ0v) is 24.2. The van der Waals surface area contributed by atoms with Gasteiger partial charge in [0.2, 0.25) is 0 Å². The maximum absolute atomic E-state index is 11.8. The SMILES string of the molecule is Cc1c(OC2CCN(CC3CCN([C@@H](Cc4ccccc4)C(=O)[O-])CC3)CC2)ccc(Cl)c1Cl.[Na+]. The van der Waals surface area contributed by atoms with Crippen LogP contribution >= 0.6 is 23.2 Å². The maximum atomic E-state index is 11.8. The third-order valence-corrected chi connectivity index (χ3v) is 8.17. The van der Waals surface area contributed by atoms with E-state index in [4.69, 9.17) is 27.9 Å². The van der Waals surface area contributed by atoms with Crippen molar-refractivity contribution < 1.29 is 44.2 Å². The van der Waals surface area contributed by atoms with Crippen molar-refractivity contribution in [2.75, 3.05) is 32.7 Å². The molecule has 184 valence electrons. The summed E-state index contributed by atoms with van der Waals surface area (Å²) in [4.78, 5) is 16.5. The average molecular weight is 527 g/mol. The first-order valence-electron chi connectivity index (χ1n) is 12.2. The number of rotatable bonds is 8. The van der Waals surface area contributed by atoms with E-state index in [1.165, 1.54) is 0 Å². The van der Waals surface area contributed by atoms with Gasteiger partial charge in [-0.3, -0.25) is 4.90 Å². The van der Waals surface area contributed by atoms with Crippen LogP contribution in [0.4, 0.5) is 0 Å². The number of piperidine rings is 2. The predicted molar refractivity (Wildman–Crippen MR) is 135 cm³/mol. The van der Waals surface area contributed by atoms with E-state index in [1.807, 2.05) is 43.3 Å².